The van der Waals surface area contributed by atoms with Gasteiger partial charge in [0.05, 0.1) is 16.7 Å². The fraction of sp³-hybridized carbons (Fsp3) is 0.929. The Morgan fingerprint density at radius 3 is 2.32 bits per heavy atom. The molecule has 19 heavy (non-hydrogen) atoms. The standard InChI is InChI=1S/C14H24N2O2S/c1-4-13(2)5-7-16(8-6-13)11-14(10-15)9-12(14)19(3,17)18/h12H,4-9,11H2,1-3H3. The van der Waals surface area contributed by atoms with Crippen LogP contribution in [0.1, 0.15) is 39.5 Å². The lowest BCUT2D eigenvalue weighted by Gasteiger charge is -2.39. The van der Waals surface area contributed by atoms with Crippen molar-refractivity contribution >= 4 is 9.84 Å². The summed E-state index contributed by atoms with van der Waals surface area (Å²) in [5, 5.41) is 8.89. The number of rotatable bonds is 4. The van der Waals surface area contributed by atoms with Crippen molar-refractivity contribution in [3.05, 3.63) is 0 Å². The second-order valence-corrected chi connectivity index (χ2v) is 8.96. The first kappa shape index (κ1) is 14.8. The van der Waals surface area contributed by atoms with E-state index < -0.39 is 20.5 Å². The number of likely N-dealkylation sites (tertiary alicyclic amines) is 1. The molecular formula is C14H24N2O2S. The highest BCUT2D eigenvalue weighted by atomic mass is 32.2. The normalized spacial score (nSPS) is 34.7. The van der Waals surface area contributed by atoms with E-state index in [1.807, 2.05) is 0 Å². The van der Waals surface area contributed by atoms with Crippen molar-refractivity contribution in [1.29, 1.82) is 5.26 Å². The van der Waals surface area contributed by atoms with E-state index in [0.29, 0.717) is 18.4 Å². The zero-order valence-electron chi connectivity index (χ0n) is 12.1. The Labute approximate surface area is 116 Å². The third-order valence-corrected chi connectivity index (χ3v) is 6.82. The summed E-state index contributed by atoms with van der Waals surface area (Å²) in [5.74, 6) is 0. The van der Waals surface area contributed by atoms with Gasteiger partial charge < -0.3 is 4.90 Å². The van der Waals surface area contributed by atoms with Crippen LogP contribution in [0.25, 0.3) is 0 Å². The lowest BCUT2D eigenvalue weighted by Crippen LogP contribution is -2.42. The van der Waals surface area contributed by atoms with Gasteiger partial charge in [0.15, 0.2) is 9.84 Å². The van der Waals surface area contributed by atoms with Gasteiger partial charge in [-0.1, -0.05) is 20.3 Å². The van der Waals surface area contributed by atoms with Crippen molar-refractivity contribution in [2.24, 2.45) is 10.8 Å². The minimum absolute atomic E-state index is 0.427. The third-order valence-electron chi connectivity index (χ3n) is 5.17. The van der Waals surface area contributed by atoms with Gasteiger partial charge in [0.25, 0.3) is 0 Å². The van der Waals surface area contributed by atoms with Crippen LogP contribution in [-0.4, -0.2) is 44.5 Å². The van der Waals surface area contributed by atoms with Gasteiger partial charge in [0.1, 0.15) is 0 Å². The van der Waals surface area contributed by atoms with Crippen LogP contribution in [0.2, 0.25) is 0 Å². The molecule has 0 aromatic carbocycles. The number of hydrogen-bond donors (Lipinski definition) is 0. The molecule has 0 spiro atoms. The predicted molar refractivity (Wildman–Crippen MR) is 75.4 cm³/mol. The molecule has 1 aliphatic heterocycles. The first-order valence-corrected chi connectivity index (χ1v) is 9.03. The molecular weight excluding hydrogens is 260 g/mol. The molecule has 1 saturated heterocycles. The molecule has 1 aliphatic carbocycles. The molecule has 1 saturated carbocycles. The fourth-order valence-electron chi connectivity index (χ4n) is 3.16. The van der Waals surface area contributed by atoms with Crippen LogP contribution in [0.4, 0.5) is 0 Å². The van der Waals surface area contributed by atoms with Crippen molar-refractivity contribution in [2.45, 2.75) is 44.8 Å². The zero-order valence-corrected chi connectivity index (χ0v) is 13.0. The van der Waals surface area contributed by atoms with Crippen molar-refractivity contribution in [1.82, 2.24) is 4.90 Å². The Morgan fingerprint density at radius 1 is 1.37 bits per heavy atom. The van der Waals surface area contributed by atoms with Crippen molar-refractivity contribution in [2.75, 3.05) is 25.9 Å². The van der Waals surface area contributed by atoms with Crippen LogP contribution < -0.4 is 0 Å². The molecule has 0 radical (unpaired) electrons. The van der Waals surface area contributed by atoms with Gasteiger partial charge in [0, 0.05) is 12.8 Å². The molecule has 2 aliphatic rings. The fourth-order valence-corrected chi connectivity index (χ4v) is 4.70. The van der Waals surface area contributed by atoms with Crippen molar-refractivity contribution in [3.8, 4) is 6.07 Å². The number of nitrogens with zero attached hydrogens (tertiary/aromatic N) is 2. The summed E-state index contributed by atoms with van der Waals surface area (Å²) in [6.07, 6.45) is 5.25. The van der Waals surface area contributed by atoms with Gasteiger partial charge in [-0.3, -0.25) is 0 Å². The largest absolute Gasteiger partial charge is 0.302 e. The van der Waals surface area contributed by atoms with E-state index in [1.165, 1.54) is 12.7 Å². The smallest absolute Gasteiger partial charge is 0.151 e. The van der Waals surface area contributed by atoms with Crippen LogP contribution in [0, 0.1) is 22.2 Å². The number of hydrogen-bond acceptors (Lipinski definition) is 4. The molecule has 2 rings (SSSR count). The Kier molecular flexibility index (Phi) is 3.70. The minimum Gasteiger partial charge on any atom is -0.302 e. The molecule has 4 nitrogen and oxygen atoms in total. The van der Waals surface area contributed by atoms with Crippen LogP contribution in [0.15, 0.2) is 0 Å². The summed E-state index contributed by atoms with van der Waals surface area (Å²) in [7, 11) is -3.08. The van der Waals surface area contributed by atoms with Gasteiger partial charge in [0.2, 0.25) is 0 Å². The highest BCUT2D eigenvalue weighted by Gasteiger charge is 2.61. The highest BCUT2D eigenvalue weighted by Crippen LogP contribution is 2.51. The second-order valence-electron chi connectivity index (χ2n) is 6.73. The average Bonchev–Trinajstić information content (AvgIpc) is 3.08. The second kappa shape index (κ2) is 4.75. The van der Waals surface area contributed by atoms with Gasteiger partial charge in [-0.2, -0.15) is 5.26 Å². The Hall–Kier alpha value is -0.600. The summed E-state index contributed by atoms with van der Waals surface area (Å²) in [4.78, 5) is 2.28. The molecule has 1 heterocycles. The maximum absolute atomic E-state index is 11.6. The molecule has 0 aromatic rings. The minimum atomic E-state index is -3.08. The van der Waals surface area contributed by atoms with Crippen LogP contribution in [0.3, 0.4) is 0 Å². The molecule has 2 atom stereocenters. The monoisotopic (exact) mass is 284 g/mol. The Balaban J connectivity index is 1.95. The SMILES string of the molecule is CCC1(C)CCN(CC2(C#N)CC2S(C)(=O)=O)CC1. The zero-order chi connectivity index (χ0) is 14.3. The van der Waals surface area contributed by atoms with Gasteiger partial charge >= 0.3 is 0 Å². The van der Waals surface area contributed by atoms with E-state index in [1.54, 1.807) is 0 Å². The number of sulfone groups is 1. The molecule has 0 bridgehead atoms. The topological polar surface area (TPSA) is 61.2 Å². The third kappa shape index (κ3) is 2.95. The molecule has 108 valence electrons. The highest BCUT2D eigenvalue weighted by molar-refractivity contribution is 7.91. The maximum atomic E-state index is 11.6. The van der Waals surface area contributed by atoms with Crippen molar-refractivity contribution in [3.63, 3.8) is 0 Å². The Bertz CT molecular complexity index is 486. The summed E-state index contributed by atoms with van der Waals surface area (Å²) in [5.41, 5.74) is -0.205. The summed E-state index contributed by atoms with van der Waals surface area (Å²) in [6.45, 7) is 7.16. The van der Waals surface area contributed by atoms with Gasteiger partial charge in [-0.15, -0.1) is 0 Å². The van der Waals surface area contributed by atoms with E-state index in [-0.39, 0.29) is 0 Å². The molecule has 5 heteroatoms. The van der Waals surface area contributed by atoms with E-state index in [0.717, 1.165) is 25.9 Å². The summed E-state index contributed by atoms with van der Waals surface area (Å²) in [6, 6.07) is 2.27. The summed E-state index contributed by atoms with van der Waals surface area (Å²) >= 11 is 0. The molecule has 0 amide bonds. The van der Waals surface area contributed by atoms with Crippen molar-refractivity contribution < 1.29 is 8.42 Å². The first-order chi connectivity index (χ1) is 8.75. The number of piperidine rings is 1. The lowest BCUT2D eigenvalue weighted by molar-refractivity contribution is 0.105. The molecule has 0 aromatic heterocycles. The van der Waals surface area contributed by atoms with Crippen LogP contribution in [-0.2, 0) is 9.84 Å². The van der Waals surface area contributed by atoms with E-state index in [9.17, 15) is 13.7 Å². The van der Waals surface area contributed by atoms with Gasteiger partial charge in [-0.05, 0) is 37.8 Å². The molecule has 2 fully saturated rings. The van der Waals surface area contributed by atoms with Crippen LogP contribution in [0.5, 0.6) is 0 Å². The van der Waals surface area contributed by atoms with Crippen LogP contribution >= 0.6 is 0 Å². The first-order valence-electron chi connectivity index (χ1n) is 7.07. The van der Waals surface area contributed by atoms with Gasteiger partial charge in [-0.25, -0.2) is 8.42 Å². The lowest BCUT2D eigenvalue weighted by atomic mass is 9.78. The maximum Gasteiger partial charge on any atom is 0.151 e. The number of nitriles is 1. The predicted octanol–water partition coefficient (Wildman–Crippen LogP) is 1.83. The Morgan fingerprint density at radius 2 is 1.95 bits per heavy atom. The molecule has 0 N–H and O–H groups in total. The average molecular weight is 284 g/mol. The van der Waals surface area contributed by atoms with E-state index in [4.69, 9.17) is 0 Å². The molecule has 2 unspecified atom stereocenters. The van der Waals surface area contributed by atoms with E-state index >= 15 is 0 Å². The van der Waals surface area contributed by atoms with E-state index in [2.05, 4.69) is 24.8 Å². The quantitative estimate of drug-likeness (QED) is 0.790. The summed E-state index contributed by atoms with van der Waals surface area (Å²) < 4.78 is 23.2.